The second-order valence-corrected chi connectivity index (χ2v) is 5.75. The van der Waals surface area contributed by atoms with Crippen LogP contribution in [0.2, 0.25) is 10.0 Å². The van der Waals surface area contributed by atoms with Crippen molar-refractivity contribution in [1.29, 1.82) is 0 Å². The molecule has 23 heavy (non-hydrogen) atoms. The van der Waals surface area contributed by atoms with Crippen LogP contribution in [0.15, 0.2) is 42.5 Å². The molecule has 0 radical (unpaired) electrons. The lowest BCUT2D eigenvalue weighted by atomic mass is 10.1. The molecule has 0 saturated carbocycles. The molecule has 0 aliphatic carbocycles. The maximum atomic E-state index is 11.3. The number of carboxylic acid groups (broad SMARTS) is 1. The van der Waals surface area contributed by atoms with Gasteiger partial charge in [-0.15, -0.1) is 0 Å². The number of carboxylic acids is 1. The number of methoxy groups -OCH3 is 1. The van der Waals surface area contributed by atoms with Gasteiger partial charge < -0.3 is 9.84 Å². The van der Waals surface area contributed by atoms with E-state index in [1.165, 1.54) is 19.2 Å². The Labute approximate surface area is 142 Å². The molecule has 1 aromatic heterocycles. The highest BCUT2D eigenvalue weighted by Crippen LogP contribution is 2.31. The summed E-state index contributed by atoms with van der Waals surface area (Å²) in [5.41, 5.74) is 1.90. The topological polar surface area (TPSA) is 59.4 Å². The summed E-state index contributed by atoms with van der Waals surface area (Å²) in [4.78, 5) is 15.8. The van der Waals surface area contributed by atoms with Crippen molar-refractivity contribution in [2.24, 2.45) is 0 Å². The number of halogens is 2. The summed E-state index contributed by atoms with van der Waals surface area (Å²) in [5, 5.41) is 11.1. The van der Waals surface area contributed by atoms with Crippen LogP contribution in [-0.2, 0) is 0 Å². The highest BCUT2D eigenvalue weighted by Gasteiger charge is 2.12. The van der Waals surface area contributed by atoms with Gasteiger partial charge in [0.05, 0.1) is 28.9 Å². The molecule has 0 spiro atoms. The predicted octanol–water partition coefficient (Wildman–Crippen LogP) is 4.92. The average molecular weight is 348 g/mol. The molecule has 3 aromatic rings. The van der Waals surface area contributed by atoms with Crippen molar-refractivity contribution in [2.75, 3.05) is 7.11 Å². The number of aromatic nitrogens is 1. The molecule has 0 saturated heterocycles. The number of ether oxygens (including phenoxy) is 1. The Hall–Kier alpha value is -2.30. The third kappa shape index (κ3) is 3.09. The van der Waals surface area contributed by atoms with Crippen molar-refractivity contribution >= 4 is 40.1 Å². The van der Waals surface area contributed by atoms with E-state index in [4.69, 9.17) is 27.9 Å². The predicted molar refractivity (Wildman–Crippen MR) is 90.7 cm³/mol. The zero-order chi connectivity index (χ0) is 16.6. The monoisotopic (exact) mass is 347 g/mol. The van der Waals surface area contributed by atoms with Gasteiger partial charge in [-0.05, 0) is 42.5 Å². The summed E-state index contributed by atoms with van der Waals surface area (Å²) in [6.07, 6.45) is 0. The number of fused-ring (bicyclic) bond motifs is 1. The molecule has 0 aliphatic heterocycles. The molecule has 1 N–H and O–H groups in total. The largest absolute Gasteiger partial charge is 0.497 e. The van der Waals surface area contributed by atoms with Crippen molar-refractivity contribution in [1.82, 2.24) is 4.98 Å². The number of pyridine rings is 1. The zero-order valence-electron chi connectivity index (χ0n) is 12.0. The van der Waals surface area contributed by atoms with Crippen LogP contribution in [0.3, 0.4) is 0 Å². The number of nitrogens with zero attached hydrogens (tertiary/aromatic N) is 1. The van der Waals surface area contributed by atoms with E-state index in [0.29, 0.717) is 32.6 Å². The number of hydrogen-bond donors (Lipinski definition) is 1. The molecule has 0 fully saturated rings. The second-order valence-electron chi connectivity index (χ2n) is 4.91. The van der Waals surface area contributed by atoms with Gasteiger partial charge in [-0.2, -0.15) is 0 Å². The number of aromatic carboxylic acids is 1. The van der Waals surface area contributed by atoms with Gasteiger partial charge >= 0.3 is 5.97 Å². The minimum atomic E-state index is -1.04. The summed E-state index contributed by atoms with van der Waals surface area (Å²) in [5.74, 6) is -0.607. The SMILES string of the molecule is COc1cc(C(=O)O)cc(-c2cc(Cl)c3ccc(Cl)cc3n2)c1. The van der Waals surface area contributed by atoms with Crippen molar-refractivity contribution in [3.63, 3.8) is 0 Å². The molecule has 0 unspecified atom stereocenters. The minimum absolute atomic E-state index is 0.114. The Morgan fingerprint density at radius 3 is 2.61 bits per heavy atom. The smallest absolute Gasteiger partial charge is 0.335 e. The van der Waals surface area contributed by atoms with Gasteiger partial charge in [0.15, 0.2) is 0 Å². The summed E-state index contributed by atoms with van der Waals surface area (Å²) < 4.78 is 5.16. The van der Waals surface area contributed by atoms with Gasteiger partial charge in [-0.1, -0.05) is 23.2 Å². The van der Waals surface area contributed by atoms with Crippen molar-refractivity contribution < 1.29 is 14.6 Å². The van der Waals surface area contributed by atoms with Crippen LogP contribution in [0.5, 0.6) is 5.75 Å². The van der Waals surface area contributed by atoms with Crippen molar-refractivity contribution in [3.8, 4) is 17.0 Å². The summed E-state index contributed by atoms with van der Waals surface area (Å²) in [7, 11) is 1.48. The molecule has 0 aliphatic rings. The summed E-state index contributed by atoms with van der Waals surface area (Å²) >= 11 is 12.3. The van der Waals surface area contributed by atoms with Crippen LogP contribution in [0.4, 0.5) is 0 Å². The molecule has 0 bridgehead atoms. The van der Waals surface area contributed by atoms with E-state index >= 15 is 0 Å². The molecular weight excluding hydrogens is 337 g/mol. The van der Waals surface area contributed by atoms with Gasteiger partial charge in [-0.3, -0.25) is 0 Å². The lowest BCUT2D eigenvalue weighted by Crippen LogP contribution is -1.98. The summed E-state index contributed by atoms with van der Waals surface area (Å²) in [6.45, 7) is 0. The van der Waals surface area contributed by atoms with Gasteiger partial charge in [-0.25, -0.2) is 9.78 Å². The molecule has 116 valence electrons. The van der Waals surface area contributed by atoms with E-state index < -0.39 is 5.97 Å². The Kier molecular flexibility index (Phi) is 4.11. The second kappa shape index (κ2) is 6.07. The first kappa shape index (κ1) is 15.6. The fourth-order valence-corrected chi connectivity index (χ4v) is 2.72. The van der Waals surface area contributed by atoms with Crippen molar-refractivity contribution in [3.05, 3.63) is 58.1 Å². The van der Waals surface area contributed by atoms with E-state index in [1.807, 2.05) is 0 Å². The lowest BCUT2D eigenvalue weighted by Gasteiger charge is -2.09. The lowest BCUT2D eigenvalue weighted by molar-refractivity contribution is 0.0696. The number of hydrogen-bond acceptors (Lipinski definition) is 3. The Bertz CT molecular complexity index is 925. The maximum absolute atomic E-state index is 11.3. The quantitative estimate of drug-likeness (QED) is 0.730. The first-order valence-corrected chi connectivity index (χ1v) is 7.42. The molecule has 3 rings (SSSR count). The Morgan fingerprint density at radius 2 is 1.91 bits per heavy atom. The van der Waals surface area contributed by atoms with Crippen LogP contribution in [-0.4, -0.2) is 23.2 Å². The van der Waals surface area contributed by atoms with Crippen LogP contribution in [0, 0.1) is 0 Å². The number of carbonyl (C=O) groups is 1. The Morgan fingerprint density at radius 1 is 1.13 bits per heavy atom. The van der Waals surface area contributed by atoms with Crippen LogP contribution < -0.4 is 4.74 Å². The van der Waals surface area contributed by atoms with Crippen LogP contribution in [0.25, 0.3) is 22.2 Å². The number of benzene rings is 2. The van der Waals surface area contributed by atoms with E-state index in [1.54, 1.807) is 30.3 Å². The van der Waals surface area contributed by atoms with Crippen molar-refractivity contribution in [2.45, 2.75) is 0 Å². The van der Waals surface area contributed by atoms with Gasteiger partial charge in [0, 0.05) is 16.0 Å². The Balaban J connectivity index is 2.23. The van der Waals surface area contributed by atoms with E-state index in [9.17, 15) is 9.90 Å². The van der Waals surface area contributed by atoms with E-state index in [2.05, 4.69) is 4.98 Å². The fraction of sp³-hybridized carbons (Fsp3) is 0.0588. The molecular formula is C17H11Cl2NO3. The van der Waals surface area contributed by atoms with Gasteiger partial charge in [0.1, 0.15) is 5.75 Å². The van der Waals surface area contributed by atoms with E-state index in [-0.39, 0.29) is 5.56 Å². The minimum Gasteiger partial charge on any atom is -0.497 e. The first-order valence-electron chi connectivity index (χ1n) is 6.66. The highest BCUT2D eigenvalue weighted by molar-refractivity contribution is 6.36. The summed E-state index contributed by atoms with van der Waals surface area (Å²) in [6, 6.07) is 11.6. The van der Waals surface area contributed by atoms with E-state index in [0.717, 1.165) is 5.39 Å². The molecule has 0 atom stereocenters. The van der Waals surface area contributed by atoms with Crippen LogP contribution in [0.1, 0.15) is 10.4 Å². The standard InChI is InChI=1S/C17H11Cl2NO3/c1-23-12-5-9(4-10(6-12)17(21)22)15-8-14(19)13-3-2-11(18)7-16(13)20-15/h2-8H,1H3,(H,21,22). The highest BCUT2D eigenvalue weighted by atomic mass is 35.5. The van der Waals surface area contributed by atoms with Gasteiger partial charge in [0.25, 0.3) is 0 Å². The zero-order valence-corrected chi connectivity index (χ0v) is 13.5. The first-order chi connectivity index (χ1) is 11.0. The fourth-order valence-electron chi connectivity index (χ4n) is 2.30. The number of rotatable bonds is 3. The molecule has 2 aromatic carbocycles. The normalized spacial score (nSPS) is 10.7. The third-order valence-electron chi connectivity index (χ3n) is 3.41. The average Bonchev–Trinajstić information content (AvgIpc) is 2.53. The third-order valence-corrected chi connectivity index (χ3v) is 3.95. The molecule has 1 heterocycles. The molecule has 0 amide bonds. The molecule has 4 nitrogen and oxygen atoms in total. The molecule has 6 heteroatoms. The maximum Gasteiger partial charge on any atom is 0.335 e. The van der Waals surface area contributed by atoms with Crippen LogP contribution >= 0.6 is 23.2 Å². The van der Waals surface area contributed by atoms with Gasteiger partial charge in [0.2, 0.25) is 0 Å².